The van der Waals surface area contributed by atoms with E-state index in [2.05, 4.69) is 0 Å². The van der Waals surface area contributed by atoms with Gasteiger partial charge >= 0.3 is 5.97 Å². The molecule has 16 heavy (non-hydrogen) atoms. The van der Waals surface area contributed by atoms with Gasteiger partial charge in [-0.05, 0) is 19.1 Å². The van der Waals surface area contributed by atoms with Crippen molar-refractivity contribution in [3.8, 4) is 5.75 Å². The number of ether oxygens (including phenoxy) is 2. The molecular formula is C12H13NO3. The zero-order chi connectivity index (χ0) is 11.5. The fourth-order valence-electron chi connectivity index (χ4n) is 1.52. The van der Waals surface area contributed by atoms with Crippen molar-refractivity contribution >= 4 is 11.7 Å². The lowest BCUT2D eigenvalue weighted by Crippen LogP contribution is -2.23. The van der Waals surface area contributed by atoms with Crippen LogP contribution in [0.3, 0.4) is 0 Å². The molecule has 0 atom stereocenters. The molecule has 0 radical (unpaired) electrons. The number of fused-ring (bicyclic) bond motifs is 1. The van der Waals surface area contributed by atoms with E-state index in [1.807, 2.05) is 36.2 Å². The lowest BCUT2D eigenvalue weighted by molar-refractivity contribution is -0.141. The maximum atomic E-state index is 11.5. The molecule has 0 unspecified atom stereocenters. The topological polar surface area (TPSA) is 38.8 Å². The molecule has 1 aliphatic heterocycles. The molecule has 1 aromatic rings. The van der Waals surface area contributed by atoms with E-state index >= 15 is 0 Å². The third-order valence-electron chi connectivity index (χ3n) is 2.25. The molecule has 0 spiro atoms. The Bertz CT molecular complexity index is 440. The average Bonchev–Trinajstić information content (AvgIpc) is 2.29. The van der Waals surface area contributed by atoms with Crippen molar-refractivity contribution in [2.45, 2.75) is 6.92 Å². The predicted molar refractivity (Wildman–Crippen MR) is 60.2 cm³/mol. The second kappa shape index (κ2) is 4.26. The number of benzene rings is 1. The van der Waals surface area contributed by atoms with Gasteiger partial charge in [-0.1, -0.05) is 12.1 Å². The standard InChI is InChI=1S/C12H13NO3/c1-3-15-12(14)11-8-13(2)9-6-4-5-7-10(9)16-11/h4-8H,3H2,1-2H3. The summed E-state index contributed by atoms with van der Waals surface area (Å²) in [5.41, 5.74) is 0.926. The molecule has 1 heterocycles. The number of esters is 1. The molecular weight excluding hydrogens is 206 g/mol. The molecule has 0 amide bonds. The second-order valence-electron chi connectivity index (χ2n) is 3.39. The first-order valence-corrected chi connectivity index (χ1v) is 5.11. The van der Waals surface area contributed by atoms with Gasteiger partial charge < -0.3 is 14.4 Å². The number of carbonyl (C=O) groups is 1. The van der Waals surface area contributed by atoms with Gasteiger partial charge in [0, 0.05) is 7.05 Å². The van der Waals surface area contributed by atoms with Crippen LogP contribution in [-0.4, -0.2) is 19.6 Å². The number of nitrogens with zero attached hydrogens (tertiary/aromatic N) is 1. The summed E-state index contributed by atoms with van der Waals surface area (Å²) in [6.45, 7) is 2.10. The lowest BCUT2D eigenvalue weighted by atomic mass is 10.2. The number of hydrogen-bond donors (Lipinski definition) is 0. The third-order valence-corrected chi connectivity index (χ3v) is 2.25. The molecule has 1 aliphatic rings. The summed E-state index contributed by atoms with van der Waals surface area (Å²) in [5, 5.41) is 0. The Labute approximate surface area is 94.1 Å². The van der Waals surface area contributed by atoms with Crippen molar-refractivity contribution < 1.29 is 14.3 Å². The molecule has 0 aliphatic carbocycles. The van der Waals surface area contributed by atoms with E-state index < -0.39 is 5.97 Å². The van der Waals surface area contributed by atoms with Crippen LogP contribution in [0.1, 0.15) is 6.92 Å². The fourth-order valence-corrected chi connectivity index (χ4v) is 1.52. The molecule has 2 rings (SSSR count). The van der Waals surface area contributed by atoms with Crippen LogP contribution in [0.5, 0.6) is 5.75 Å². The normalized spacial score (nSPS) is 13.6. The molecule has 84 valence electrons. The summed E-state index contributed by atoms with van der Waals surface area (Å²) in [7, 11) is 1.86. The summed E-state index contributed by atoms with van der Waals surface area (Å²) in [6, 6.07) is 7.52. The Kier molecular flexibility index (Phi) is 2.81. The van der Waals surface area contributed by atoms with Gasteiger partial charge in [-0.3, -0.25) is 0 Å². The van der Waals surface area contributed by atoms with Gasteiger partial charge in [0.05, 0.1) is 18.5 Å². The van der Waals surface area contributed by atoms with Crippen LogP contribution in [-0.2, 0) is 9.53 Å². The van der Waals surface area contributed by atoms with Crippen LogP contribution in [0.2, 0.25) is 0 Å². The van der Waals surface area contributed by atoms with Crippen LogP contribution in [0.25, 0.3) is 0 Å². The van der Waals surface area contributed by atoms with Crippen LogP contribution in [0, 0.1) is 0 Å². The van der Waals surface area contributed by atoms with Crippen molar-refractivity contribution in [1.82, 2.24) is 0 Å². The highest BCUT2D eigenvalue weighted by molar-refractivity contribution is 5.88. The Morgan fingerprint density at radius 2 is 2.19 bits per heavy atom. The van der Waals surface area contributed by atoms with Crippen molar-refractivity contribution in [2.75, 3.05) is 18.6 Å². The molecule has 0 aromatic heterocycles. The van der Waals surface area contributed by atoms with Crippen molar-refractivity contribution in [3.63, 3.8) is 0 Å². The van der Waals surface area contributed by atoms with E-state index in [9.17, 15) is 4.79 Å². The van der Waals surface area contributed by atoms with Crippen molar-refractivity contribution in [1.29, 1.82) is 0 Å². The van der Waals surface area contributed by atoms with Gasteiger partial charge in [0.2, 0.25) is 5.76 Å². The van der Waals surface area contributed by atoms with Crippen LogP contribution < -0.4 is 9.64 Å². The van der Waals surface area contributed by atoms with Gasteiger partial charge in [-0.15, -0.1) is 0 Å². The van der Waals surface area contributed by atoms with Crippen molar-refractivity contribution in [2.24, 2.45) is 0 Å². The maximum Gasteiger partial charge on any atom is 0.375 e. The Hall–Kier alpha value is -1.97. The first-order valence-electron chi connectivity index (χ1n) is 5.11. The predicted octanol–water partition coefficient (Wildman–Crippen LogP) is 1.92. The highest BCUT2D eigenvalue weighted by atomic mass is 16.6. The molecule has 0 fully saturated rings. The monoisotopic (exact) mass is 219 g/mol. The van der Waals surface area contributed by atoms with E-state index in [4.69, 9.17) is 9.47 Å². The zero-order valence-corrected chi connectivity index (χ0v) is 9.27. The minimum absolute atomic E-state index is 0.211. The highest BCUT2D eigenvalue weighted by Gasteiger charge is 2.21. The summed E-state index contributed by atoms with van der Waals surface area (Å²) in [6.07, 6.45) is 1.63. The summed E-state index contributed by atoms with van der Waals surface area (Å²) < 4.78 is 10.3. The zero-order valence-electron chi connectivity index (χ0n) is 9.27. The second-order valence-corrected chi connectivity index (χ2v) is 3.39. The Balaban J connectivity index is 2.26. The average molecular weight is 219 g/mol. The molecule has 1 aromatic carbocycles. The number of rotatable bonds is 2. The Morgan fingerprint density at radius 1 is 1.44 bits per heavy atom. The van der Waals surface area contributed by atoms with Crippen molar-refractivity contribution in [3.05, 3.63) is 36.2 Å². The van der Waals surface area contributed by atoms with E-state index in [-0.39, 0.29) is 5.76 Å². The molecule has 0 saturated carbocycles. The van der Waals surface area contributed by atoms with Gasteiger partial charge in [-0.25, -0.2) is 4.79 Å². The lowest BCUT2D eigenvalue weighted by Gasteiger charge is -2.24. The number of carbonyl (C=O) groups excluding carboxylic acids is 1. The van der Waals surface area contributed by atoms with E-state index in [1.54, 1.807) is 13.1 Å². The third kappa shape index (κ3) is 1.86. The van der Waals surface area contributed by atoms with Crippen LogP contribution in [0.4, 0.5) is 5.69 Å². The van der Waals surface area contributed by atoms with E-state index in [0.29, 0.717) is 12.4 Å². The maximum absolute atomic E-state index is 11.5. The van der Waals surface area contributed by atoms with E-state index in [0.717, 1.165) is 5.69 Å². The van der Waals surface area contributed by atoms with Gasteiger partial charge in [-0.2, -0.15) is 0 Å². The van der Waals surface area contributed by atoms with E-state index in [1.165, 1.54) is 0 Å². The number of hydrogen-bond acceptors (Lipinski definition) is 4. The minimum Gasteiger partial charge on any atom is -0.460 e. The number of anilines is 1. The quantitative estimate of drug-likeness (QED) is 0.712. The largest absolute Gasteiger partial charge is 0.460 e. The SMILES string of the molecule is CCOC(=O)C1=CN(C)c2ccccc2O1. The number of para-hydroxylation sites is 2. The fraction of sp³-hybridized carbons (Fsp3) is 0.250. The molecule has 0 N–H and O–H groups in total. The summed E-state index contributed by atoms with van der Waals surface area (Å²) in [4.78, 5) is 13.3. The van der Waals surface area contributed by atoms with Gasteiger partial charge in [0.15, 0.2) is 5.75 Å². The van der Waals surface area contributed by atoms with Crippen LogP contribution in [0.15, 0.2) is 36.2 Å². The first-order chi connectivity index (χ1) is 7.72. The van der Waals surface area contributed by atoms with Crippen LogP contribution >= 0.6 is 0 Å². The minimum atomic E-state index is -0.441. The molecule has 4 heteroatoms. The molecule has 0 saturated heterocycles. The molecule has 0 bridgehead atoms. The molecule has 4 nitrogen and oxygen atoms in total. The summed E-state index contributed by atoms with van der Waals surface area (Å²) in [5.74, 6) is 0.433. The Morgan fingerprint density at radius 3 is 2.94 bits per heavy atom. The summed E-state index contributed by atoms with van der Waals surface area (Å²) >= 11 is 0. The highest BCUT2D eigenvalue weighted by Crippen LogP contribution is 2.32. The first kappa shape index (κ1) is 10.5. The smallest absolute Gasteiger partial charge is 0.375 e. The van der Waals surface area contributed by atoms with Gasteiger partial charge in [0.1, 0.15) is 0 Å². The van der Waals surface area contributed by atoms with Gasteiger partial charge in [0.25, 0.3) is 0 Å².